The van der Waals surface area contributed by atoms with E-state index in [-0.39, 0.29) is 0 Å². The van der Waals surface area contributed by atoms with Gasteiger partial charge in [0, 0.05) is 4.83 Å². The predicted molar refractivity (Wildman–Crippen MR) is 46.2 cm³/mol. The van der Waals surface area contributed by atoms with Crippen LogP contribution < -0.4 is 0 Å². The van der Waals surface area contributed by atoms with E-state index >= 15 is 0 Å². The summed E-state index contributed by atoms with van der Waals surface area (Å²) < 4.78 is 0. The molecule has 0 aliphatic rings. The molecular formula is C7H16BrN. The number of hydrogen-bond donors (Lipinski definition) is 0. The fourth-order valence-corrected chi connectivity index (χ4v) is 1.01. The minimum atomic E-state index is 0.678. The molecule has 2 heteroatoms. The highest BCUT2D eigenvalue weighted by Gasteiger charge is 1.95. The molecule has 0 heterocycles. The lowest BCUT2D eigenvalue weighted by Gasteiger charge is -2.09. The van der Waals surface area contributed by atoms with Gasteiger partial charge in [-0.1, -0.05) is 22.9 Å². The van der Waals surface area contributed by atoms with E-state index < -0.39 is 0 Å². The maximum atomic E-state index is 3.51. The monoisotopic (exact) mass is 193 g/mol. The number of halogens is 1. The summed E-state index contributed by atoms with van der Waals surface area (Å²) in [4.78, 5) is 2.90. The lowest BCUT2D eigenvalue weighted by Crippen LogP contribution is -2.13. The zero-order chi connectivity index (χ0) is 7.28. The summed E-state index contributed by atoms with van der Waals surface area (Å²) in [5, 5.41) is 0. The molecule has 0 bridgehead atoms. The van der Waals surface area contributed by atoms with E-state index in [0.29, 0.717) is 4.83 Å². The second-order valence-electron chi connectivity index (χ2n) is 2.73. The first-order valence-electron chi connectivity index (χ1n) is 3.41. The van der Waals surface area contributed by atoms with Crippen LogP contribution in [0.15, 0.2) is 0 Å². The molecule has 0 aliphatic carbocycles. The molecule has 0 amide bonds. The van der Waals surface area contributed by atoms with Crippen LogP contribution in [-0.4, -0.2) is 30.4 Å². The third-order valence-corrected chi connectivity index (χ3v) is 1.67. The topological polar surface area (TPSA) is 3.24 Å². The summed E-state index contributed by atoms with van der Waals surface area (Å²) in [6, 6.07) is 0. The largest absolute Gasteiger partial charge is 0.309 e. The van der Waals surface area contributed by atoms with Gasteiger partial charge in [-0.3, -0.25) is 0 Å². The Kier molecular flexibility index (Phi) is 5.50. The van der Waals surface area contributed by atoms with Gasteiger partial charge in [-0.05, 0) is 33.5 Å². The van der Waals surface area contributed by atoms with Crippen LogP contribution in [0.25, 0.3) is 0 Å². The van der Waals surface area contributed by atoms with Crippen LogP contribution in [0.4, 0.5) is 0 Å². The van der Waals surface area contributed by atoms with Crippen LogP contribution in [0.3, 0.4) is 0 Å². The van der Waals surface area contributed by atoms with E-state index in [9.17, 15) is 0 Å². The van der Waals surface area contributed by atoms with Gasteiger partial charge in [0.05, 0.1) is 0 Å². The van der Waals surface area contributed by atoms with E-state index in [0.717, 1.165) is 0 Å². The van der Waals surface area contributed by atoms with Gasteiger partial charge >= 0.3 is 0 Å². The lowest BCUT2D eigenvalue weighted by atomic mass is 10.2. The van der Waals surface area contributed by atoms with E-state index in [2.05, 4.69) is 41.8 Å². The van der Waals surface area contributed by atoms with Crippen molar-refractivity contribution in [3.05, 3.63) is 0 Å². The van der Waals surface area contributed by atoms with Crippen molar-refractivity contribution in [2.45, 2.75) is 24.6 Å². The Bertz CT molecular complexity index is 53.9. The van der Waals surface area contributed by atoms with Gasteiger partial charge < -0.3 is 4.90 Å². The highest BCUT2D eigenvalue weighted by Crippen LogP contribution is 2.05. The molecule has 0 fully saturated rings. The minimum absolute atomic E-state index is 0.678. The quantitative estimate of drug-likeness (QED) is 0.619. The number of rotatable bonds is 4. The third kappa shape index (κ3) is 8.44. The zero-order valence-corrected chi connectivity index (χ0v) is 8.11. The molecule has 0 spiro atoms. The molecule has 56 valence electrons. The second-order valence-corrected chi connectivity index (χ2v) is 4.29. The van der Waals surface area contributed by atoms with E-state index in [4.69, 9.17) is 0 Å². The molecule has 0 aromatic heterocycles. The smallest absolute Gasteiger partial charge is 0.0118 e. The van der Waals surface area contributed by atoms with Crippen molar-refractivity contribution in [2.24, 2.45) is 0 Å². The normalized spacial score (nSPS) is 14.3. The third-order valence-electron chi connectivity index (χ3n) is 1.21. The highest BCUT2D eigenvalue weighted by molar-refractivity contribution is 9.09. The predicted octanol–water partition coefficient (Wildman–Crippen LogP) is 2.11. The zero-order valence-electron chi connectivity index (χ0n) is 6.52. The van der Waals surface area contributed by atoms with Gasteiger partial charge in [-0.15, -0.1) is 0 Å². The van der Waals surface area contributed by atoms with Crippen LogP contribution in [-0.2, 0) is 0 Å². The first-order valence-corrected chi connectivity index (χ1v) is 4.33. The molecular weight excluding hydrogens is 178 g/mol. The Morgan fingerprint density at radius 1 is 1.44 bits per heavy atom. The average Bonchev–Trinajstić information content (AvgIpc) is 1.63. The van der Waals surface area contributed by atoms with Crippen molar-refractivity contribution in [3.8, 4) is 0 Å². The van der Waals surface area contributed by atoms with Gasteiger partial charge in [0.1, 0.15) is 0 Å². The standard InChI is InChI=1S/C7H16BrN/c1-7(8)5-4-6-9(2)3/h7H,4-6H2,1-3H3. The Morgan fingerprint density at radius 3 is 2.33 bits per heavy atom. The summed E-state index contributed by atoms with van der Waals surface area (Å²) in [5.74, 6) is 0. The first-order chi connectivity index (χ1) is 4.13. The van der Waals surface area contributed by atoms with Gasteiger partial charge in [0.15, 0.2) is 0 Å². The second kappa shape index (κ2) is 5.24. The first kappa shape index (κ1) is 9.44. The summed E-state index contributed by atoms with van der Waals surface area (Å²) in [6.07, 6.45) is 2.57. The summed E-state index contributed by atoms with van der Waals surface area (Å²) in [7, 11) is 4.22. The maximum Gasteiger partial charge on any atom is 0.0118 e. The van der Waals surface area contributed by atoms with Gasteiger partial charge in [-0.2, -0.15) is 0 Å². The summed E-state index contributed by atoms with van der Waals surface area (Å²) in [6.45, 7) is 3.39. The Balaban J connectivity index is 2.91. The van der Waals surface area contributed by atoms with Crippen molar-refractivity contribution < 1.29 is 0 Å². The molecule has 0 N–H and O–H groups in total. The molecule has 0 saturated heterocycles. The van der Waals surface area contributed by atoms with Gasteiger partial charge in [0.25, 0.3) is 0 Å². The summed E-state index contributed by atoms with van der Waals surface area (Å²) >= 11 is 3.51. The molecule has 0 aromatic carbocycles. The van der Waals surface area contributed by atoms with Gasteiger partial charge in [-0.25, -0.2) is 0 Å². The molecule has 0 radical (unpaired) electrons. The van der Waals surface area contributed by atoms with Crippen LogP contribution in [0, 0.1) is 0 Å². The fraction of sp³-hybridized carbons (Fsp3) is 1.00. The molecule has 1 unspecified atom stereocenters. The van der Waals surface area contributed by atoms with Crippen molar-refractivity contribution in [2.75, 3.05) is 20.6 Å². The van der Waals surface area contributed by atoms with Crippen LogP contribution in [0.1, 0.15) is 19.8 Å². The van der Waals surface area contributed by atoms with Crippen molar-refractivity contribution in [1.82, 2.24) is 4.90 Å². The maximum absolute atomic E-state index is 3.51. The molecule has 0 aromatic rings. The number of alkyl halides is 1. The molecule has 1 atom stereocenters. The van der Waals surface area contributed by atoms with Gasteiger partial charge in [0.2, 0.25) is 0 Å². The molecule has 0 rings (SSSR count). The Labute approximate surface area is 66.6 Å². The van der Waals surface area contributed by atoms with Crippen molar-refractivity contribution in [3.63, 3.8) is 0 Å². The van der Waals surface area contributed by atoms with E-state index in [1.807, 2.05) is 0 Å². The molecule has 1 nitrogen and oxygen atoms in total. The molecule has 0 aliphatic heterocycles. The Hall–Kier alpha value is 0.440. The number of hydrogen-bond acceptors (Lipinski definition) is 1. The fourth-order valence-electron chi connectivity index (χ4n) is 0.689. The van der Waals surface area contributed by atoms with Crippen molar-refractivity contribution in [1.29, 1.82) is 0 Å². The van der Waals surface area contributed by atoms with E-state index in [1.54, 1.807) is 0 Å². The Morgan fingerprint density at radius 2 is 2.00 bits per heavy atom. The van der Waals surface area contributed by atoms with Crippen molar-refractivity contribution >= 4 is 15.9 Å². The molecule has 0 saturated carbocycles. The van der Waals surface area contributed by atoms with Crippen LogP contribution in [0.5, 0.6) is 0 Å². The average molecular weight is 194 g/mol. The van der Waals surface area contributed by atoms with Crippen LogP contribution in [0.2, 0.25) is 0 Å². The SMILES string of the molecule is CC(Br)CCCN(C)C. The lowest BCUT2D eigenvalue weighted by molar-refractivity contribution is 0.395. The molecule has 9 heavy (non-hydrogen) atoms. The van der Waals surface area contributed by atoms with Crippen LogP contribution >= 0.6 is 15.9 Å². The highest BCUT2D eigenvalue weighted by atomic mass is 79.9. The minimum Gasteiger partial charge on any atom is -0.309 e. The van der Waals surface area contributed by atoms with E-state index in [1.165, 1.54) is 19.4 Å². The number of nitrogens with zero attached hydrogens (tertiary/aromatic N) is 1. The summed E-state index contributed by atoms with van der Waals surface area (Å²) in [5.41, 5.74) is 0.